The summed E-state index contributed by atoms with van der Waals surface area (Å²) in [6, 6.07) is 3.06. The molecule has 0 spiro atoms. The highest BCUT2D eigenvalue weighted by Crippen LogP contribution is 2.24. The van der Waals surface area contributed by atoms with Gasteiger partial charge in [0.2, 0.25) is 5.91 Å². The number of non-ortho nitro benzene ring substituents is 2. The maximum atomic E-state index is 10.8. The van der Waals surface area contributed by atoms with Gasteiger partial charge in [0.05, 0.1) is 15.9 Å². The summed E-state index contributed by atoms with van der Waals surface area (Å²) in [5, 5.41) is 20.1. The van der Waals surface area contributed by atoms with Crippen molar-refractivity contribution >= 4 is 28.9 Å². The van der Waals surface area contributed by atoms with Crippen LogP contribution in [-0.2, 0) is 11.2 Å². The lowest BCUT2D eigenvalue weighted by atomic mass is 10.1. The van der Waals surface area contributed by atoms with E-state index < -0.39 is 32.5 Å². The average Bonchev–Trinajstić information content (AvgIpc) is 2.28. The summed E-state index contributed by atoms with van der Waals surface area (Å²) < 4.78 is 0. The summed E-state index contributed by atoms with van der Waals surface area (Å²) in [4.78, 5) is 30.5. The topological polar surface area (TPSA) is 129 Å². The molecule has 0 radical (unpaired) electrons. The number of amides is 1. The fraction of sp³-hybridized carbons (Fsp3) is 0.222. The number of carbonyl (C=O) groups excluding carboxylic acids is 1. The van der Waals surface area contributed by atoms with Crippen LogP contribution in [-0.4, -0.2) is 21.1 Å². The zero-order valence-corrected chi connectivity index (χ0v) is 9.66. The molecule has 2 N–H and O–H groups in total. The van der Waals surface area contributed by atoms with Gasteiger partial charge in [-0.25, -0.2) is 0 Å². The van der Waals surface area contributed by atoms with E-state index >= 15 is 0 Å². The molecule has 1 rings (SSSR count). The minimum atomic E-state index is -1.08. The molecule has 18 heavy (non-hydrogen) atoms. The zero-order chi connectivity index (χ0) is 13.9. The first kappa shape index (κ1) is 13.8. The van der Waals surface area contributed by atoms with Crippen molar-refractivity contribution in [1.82, 2.24) is 0 Å². The molecule has 0 saturated heterocycles. The molecule has 1 aromatic rings. The Labute approximate surface area is 106 Å². The maximum absolute atomic E-state index is 10.8. The average molecular weight is 274 g/mol. The van der Waals surface area contributed by atoms with Crippen molar-refractivity contribution in [3.63, 3.8) is 0 Å². The van der Waals surface area contributed by atoms with Crippen molar-refractivity contribution in [2.75, 3.05) is 0 Å². The van der Waals surface area contributed by atoms with Gasteiger partial charge in [-0.3, -0.25) is 25.0 Å². The Balaban J connectivity index is 3.15. The number of nitrogens with zero attached hydrogens (tertiary/aromatic N) is 2. The SMILES string of the molecule is NC(=O)C(Cl)Cc1cc([N+](=O)[O-])cc([N+](=O)[O-])c1. The van der Waals surface area contributed by atoms with Gasteiger partial charge in [-0.05, 0) is 12.0 Å². The summed E-state index contributed by atoms with van der Waals surface area (Å²) in [5.74, 6) is -0.800. The third kappa shape index (κ3) is 3.39. The van der Waals surface area contributed by atoms with Crippen LogP contribution in [0.2, 0.25) is 0 Å². The predicted octanol–water partition coefficient (Wildman–Crippen LogP) is 1.14. The Bertz CT molecular complexity index is 487. The molecule has 0 bridgehead atoms. The summed E-state index contributed by atoms with van der Waals surface area (Å²) in [6.45, 7) is 0. The molecule has 1 unspecified atom stereocenters. The lowest BCUT2D eigenvalue weighted by molar-refractivity contribution is -0.394. The van der Waals surface area contributed by atoms with Crippen molar-refractivity contribution in [3.05, 3.63) is 44.0 Å². The van der Waals surface area contributed by atoms with E-state index in [1.165, 1.54) is 0 Å². The van der Waals surface area contributed by atoms with Gasteiger partial charge in [0, 0.05) is 12.1 Å². The zero-order valence-electron chi connectivity index (χ0n) is 8.91. The van der Waals surface area contributed by atoms with Gasteiger partial charge in [-0.2, -0.15) is 0 Å². The van der Waals surface area contributed by atoms with Gasteiger partial charge in [-0.1, -0.05) is 0 Å². The molecule has 0 fully saturated rings. The molecular weight excluding hydrogens is 266 g/mol. The first-order chi connectivity index (χ1) is 8.31. The highest BCUT2D eigenvalue weighted by Gasteiger charge is 2.19. The Kier molecular flexibility index (Phi) is 4.16. The summed E-state index contributed by atoms with van der Waals surface area (Å²) in [5.41, 5.74) is 4.27. The second-order valence-corrected chi connectivity index (χ2v) is 3.97. The van der Waals surface area contributed by atoms with Crippen LogP contribution < -0.4 is 5.73 Å². The summed E-state index contributed by atoms with van der Waals surface area (Å²) in [6.07, 6.45) is -0.112. The van der Waals surface area contributed by atoms with E-state index in [9.17, 15) is 25.0 Å². The van der Waals surface area contributed by atoms with E-state index in [1.807, 2.05) is 0 Å². The van der Waals surface area contributed by atoms with Crippen molar-refractivity contribution in [3.8, 4) is 0 Å². The number of primary amides is 1. The summed E-state index contributed by atoms with van der Waals surface area (Å²) in [7, 11) is 0. The normalized spacial score (nSPS) is 11.8. The van der Waals surface area contributed by atoms with Crippen molar-refractivity contribution < 1.29 is 14.6 Å². The van der Waals surface area contributed by atoms with Crippen molar-refractivity contribution in [2.45, 2.75) is 11.8 Å². The number of benzene rings is 1. The Hall–Kier alpha value is -2.22. The van der Waals surface area contributed by atoms with E-state index in [-0.39, 0.29) is 12.0 Å². The first-order valence-electron chi connectivity index (χ1n) is 4.67. The van der Waals surface area contributed by atoms with E-state index in [0.717, 1.165) is 18.2 Å². The van der Waals surface area contributed by atoms with E-state index in [1.54, 1.807) is 0 Å². The third-order valence-corrected chi connectivity index (χ3v) is 2.48. The van der Waals surface area contributed by atoms with Crippen LogP contribution in [0, 0.1) is 20.2 Å². The van der Waals surface area contributed by atoms with Gasteiger partial charge in [0.1, 0.15) is 5.38 Å². The maximum Gasteiger partial charge on any atom is 0.276 e. The Morgan fingerprint density at radius 3 is 2.00 bits per heavy atom. The van der Waals surface area contributed by atoms with Gasteiger partial charge < -0.3 is 5.73 Å². The number of nitrogens with two attached hydrogens (primary N) is 1. The highest BCUT2D eigenvalue weighted by molar-refractivity contribution is 6.30. The molecule has 8 nitrogen and oxygen atoms in total. The monoisotopic (exact) mass is 273 g/mol. The number of alkyl halides is 1. The predicted molar refractivity (Wildman–Crippen MR) is 62.3 cm³/mol. The quantitative estimate of drug-likeness (QED) is 0.488. The fourth-order valence-electron chi connectivity index (χ4n) is 1.29. The lowest BCUT2D eigenvalue weighted by Crippen LogP contribution is -2.25. The smallest absolute Gasteiger partial charge is 0.276 e. The third-order valence-electron chi connectivity index (χ3n) is 2.11. The minimum absolute atomic E-state index is 0.112. The molecule has 1 atom stereocenters. The Morgan fingerprint density at radius 1 is 1.22 bits per heavy atom. The highest BCUT2D eigenvalue weighted by atomic mass is 35.5. The van der Waals surface area contributed by atoms with Crippen LogP contribution in [0.4, 0.5) is 11.4 Å². The lowest BCUT2D eigenvalue weighted by Gasteiger charge is -2.05. The number of nitro groups is 2. The molecule has 0 aliphatic heterocycles. The molecule has 0 saturated carbocycles. The fourth-order valence-corrected chi connectivity index (χ4v) is 1.47. The number of halogens is 1. The molecule has 0 heterocycles. The van der Waals surface area contributed by atoms with E-state index in [0.29, 0.717) is 0 Å². The molecular formula is C9H8ClN3O5. The molecule has 1 amide bonds. The summed E-state index contributed by atoms with van der Waals surface area (Å²) >= 11 is 5.60. The second kappa shape index (κ2) is 5.41. The van der Waals surface area contributed by atoms with E-state index in [2.05, 4.69) is 0 Å². The van der Waals surface area contributed by atoms with Gasteiger partial charge in [0.15, 0.2) is 0 Å². The molecule has 96 valence electrons. The minimum Gasteiger partial charge on any atom is -0.368 e. The van der Waals surface area contributed by atoms with Crippen molar-refractivity contribution in [1.29, 1.82) is 0 Å². The number of nitro benzene ring substituents is 2. The van der Waals surface area contributed by atoms with Crippen LogP contribution >= 0.6 is 11.6 Å². The number of rotatable bonds is 5. The van der Waals surface area contributed by atoms with Crippen LogP contribution in [0.25, 0.3) is 0 Å². The molecule has 9 heteroatoms. The molecule has 0 aliphatic carbocycles. The number of hydrogen-bond acceptors (Lipinski definition) is 5. The van der Waals surface area contributed by atoms with Gasteiger partial charge >= 0.3 is 0 Å². The van der Waals surface area contributed by atoms with Crippen molar-refractivity contribution in [2.24, 2.45) is 5.73 Å². The van der Waals surface area contributed by atoms with Gasteiger partial charge in [-0.15, -0.1) is 11.6 Å². The van der Waals surface area contributed by atoms with Crippen LogP contribution in [0.1, 0.15) is 5.56 Å². The molecule has 0 aliphatic rings. The second-order valence-electron chi connectivity index (χ2n) is 3.45. The van der Waals surface area contributed by atoms with Crippen LogP contribution in [0.3, 0.4) is 0 Å². The number of hydrogen-bond donors (Lipinski definition) is 1. The van der Waals surface area contributed by atoms with Crippen LogP contribution in [0.5, 0.6) is 0 Å². The van der Waals surface area contributed by atoms with Gasteiger partial charge in [0.25, 0.3) is 11.4 Å². The number of carbonyl (C=O) groups is 1. The molecule has 1 aromatic carbocycles. The van der Waals surface area contributed by atoms with E-state index in [4.69, 9.17) is 17.3 Å². The first-order valence-corrected chi connectivity index (χ1v) is 5.11. The Morgan fingerprint density at radius 2 is 1.67 bits per heavy atom. The van der Waals surface area contributed by atoms with Crippen LogP contribution in [0.15, 0.2) is 18.2 Å². The largest absolute Gasteiger partial charge is 0.368 e. The standard InChI is InChI=1S/C9H8ClN3O5/c10-8(9(11)14)3-5-1-6(12(15)16)4-7(2-5)13(17)18/h1-2,4,8H,3H2,(H2,11,14). The molecule has 0 aromatic heterocycles.